The quantitative estimate of drug-likeness (QED) is 0.714. The maximum absolute atomic E-state index is 12.3. The van der Waals surface area contributed by atoms with Crippen LogP contribution >= 0.6 is 15.9 Å². The number of rotatable bonds is 8. The summed E-state index contributed by atoms with van der Waals surface area (Å²) in [6.45, 7) is 5.59. The Balaban J connectivity index is 2.66. The van der Waals surface area contributed by atoms with Crippen molar-refractivity contribution in [3.8, 4) is 0 Å². The summed E-state index contributed by atoms with van der Waals surface area (Å²) in [5.74, 6) is 0.682. The molecule has 3 nitrogen and oxygen atoms in total. The molecule has 0 spiro atoms. The van der Waals surface area contributed by atoms with E-state index < -0.39 is 0 Å². The van der Waals surface area contributed by atoms with E-state index in [-0.39, 0.29) is 11.8 Å². The van der Waals surface area contributed by atoms with E-state index in [0.29, 0.717) is 19.0 Å². The van der Waals surface area contributed by atoms with Gasteiger partial charge in [-0.05, 0) is 49.4 Å². The van der Waals surface area contributed by atoms with Crippen molar-refractivity contribution >= 4 is 21.8 Å². The predicted molar refractivity (Wildman–Crippen MR) is 87.5 cm³/mol. The van der Waals surface area contributed by atoms with Crippen molar-refractivity contribution in [1.29, 1.82) is 0 Å². The van der Waals surface area contributed by atoms with E-state index in [0.717, 1.165) is 23.7 Å². The van der Waals surface area contributed by atoms with E-state index in [1.807, 2.05) is 12.1 Å². The average Bonchev–Trinajstić information content (AvgIpc) is 2.37. The van der Waals surface area contributed by atoms with Crippen LogP contribution in [0.1, 0.15) is 32.3 Å². The zero-order valence-corrected chi connectivity index (χ0v) is 13.9. The maximum Gasteiger partial charge on any atom is 0.223 e. The molecule has 4 heteroatoms. The molecule has 0 aliphatic rings. The van der Waals surface area contributed by atoms with Gasteiger partial charge in [0.25, 0.3) is 0 Å². The first kappa shape index (κ1) is 17.2. The Morgan fingerprint density at radius 3 is 2.75 bits per heavy atom. The monoisotopic (exact) mass is 340 g/mol. The second-order valence-corrected chi connectivity index (χ2v) is 6.51. The number of amides is 1. The van der Waals surface area contributed by atoms with Crippen molar-refractivity contribution in [2.24, 2.45) is 17.6 Å². The first-order valence-corrected chi connectivity index (χ1v) is 8.04. The van der Waals surface area contributed by atoms with E-state index in [1.54, 1.807) is 0 Å². The molecule has 1 aromatic carbocycles. The fraction of sp³-hybridized carbons (Fsp3) is 0.562. The molecule has 20 heavy (non-hydrogen) atoms. The molecule has 1 aromatic rings. The Labute approximate surface area is 130 Å². The van der Waals surface area contributed by atoms with Gasteiger partial charge in [-0.25, -0.2) is 0 Å². The van der Waals surface area contributed by atoms with Crippen molar-refractivity contribution in [3.63, 3.8) is 0 Å². The average molecular weight is 341 g/mol. The van der Waals surface area contributed by atoms with Gasteiger partial charge in [0.1, 0.15) is 0 Å². The fourth-order valence-electron chi connectivity index (χ4n) is 2.26. The molecule has 0 bridgehead atoms. The minimum atomic E-state index is 0.0297. The molecule has 3 N–H and O–H groups in total. The SMILES string of the molecule is CC(C)CC(Cc1cccc(Br)c1)C(=O)NCCCN. The molecule has 0 aliphatic carbocycles. The van der Waals surface area contributed by atoms with E-state index >= 15 is 0 Å². The summed E-state index contributed by atoms with van der Waals surface area (Å²) in [4.78, 5) is 12.3. The first-order chi connectivity index (χ1) is 9.52. The molecule has 1 rings (SSSR count). The number of benzene rings is 1. The molecular formula is C16H25BrN2O. The van der Waals surface area contributed by atoms with Gasteiger partial charge in [0.15, 0.2) is 0 Å². The molecule has 0 heterocycles. The summed E-state index contributed by atoms with van der Waals surface area (Å²) in [7, 11) is 0. The van der Waals surface area contributed by atoms with Crippen LogP contribution in [0.3, 0.4) is 0 Å². The highest BCUT2D eigenvalue weighted by Crippen LogP contribution is 2.20. The van der Waals surface area contributed by atoms with Gasteiger partial charge in [-0.2, -0.15) is 0 Å². The summed E-state index contributed by atoms with van der Waals surface area (Å²) in [6.07, 6.45) is 2.52. The highest BCUT2D eigenvalue weighted by atomic mass is 79.9. The third-order valence-corrected chi connectivity index (χ3v) is 3.67. The summed E-state index contributed by atoms with van der Waals surface area (Å²) in [6, 6.07) is 8.17. The van der Waals surface area contributed by atoms with Crippen LogP contribution in [0, 0.1) is 11.8 Å². The number of nitrogens with one attached hydrogen (secondary N) is 1. The summed E-state index contributed by atoms with van der Waals surface area (Å²) in [5.41, 5.74) is 6.65. The zero-order chi connectivity index (χ0) is 15.0. The van der Waals surface area contributed by atoms with Crippen LogP contribution in [0.2, 0.25) is 0 Å². The predicted octanol–water partition coefficient (Wildman–Crippen LogP) is 3.12. The van der Waals surface area contributed by atoms with Crippen LogP contribution in [0.25, 0.3) is 0 Å². The third kappa shape index (κ3) is 6.53. The van der Waals surface area contributed by atoms with Gasteiger partial charge in [-0.1, -0.05) is 41.9 Å². The number of carbonyl (C=O) groups is 1. The molecule has 0 aromatic heterocycles. The largest absolute Gasteiger partial charge is 0.356 e. The standard InChI is InChI=1S/C16H25BrN2O/c1-12(2)9-14(16(20)19-8-4-7-18)10-13-5-3-6-15(17)11-13/h3,5-6,11-12,14H,4,7-10,18H2,1-2H3,(H,19,20). The molecule has 1 amide bonds. The van der Waals surface area contributed by atoms with Gasteiger partial charge < -0.3 is 11.1 Å². The number of carbonyl (C=O) groups excluding carboxylic acids is 1. The topological polar surface area (TPSA) is 55.1 Å². The Kier molecular flexibility index (Phi) is 7.85. The van der Waals surface area contributed by atoms with Crippen molar-refractivity contribution in [2.75, 3.05) is 13.1 Å². The van der Waals surface area contributed by atoms with Crippen molar-refractivity contribution in [2.45, 2.75) is 33.1 Å². The van der Waals surface area contributed by atoms with Gasteiger partial charge in [0, 0.05) is 16.9 Å². The van der Waals surface area contributed by atoms with E-state index in [1.165, 1.54) is 5.56 Å². The molecule has 0 radical (unpaired) electrons. The van der Waals surface area contributed by atoms with Crippen LogP contribution in [-0.4, -0.2) is 19.0 Å². The summed E-state index contributed by atoms with van der Waals surface area (Å²) >= 11 is 3.48. The molecule has 1 unspecified atom stereocenters. The molecule has 112 valence electrons. The highest BCUT2D eigenvalue weighted by molar-refractivity contribution is 9.10. The molecule has 0 aliphatic heterocycles. The normalized spacial score (nSPS) is 12.4. The number of halogens is 1. The van der Waals surface area contributed by atoms with E-state index in [2.05, 4.69) is 47.2 Å². The molecule has 0 saturated heterocycles. The lowest BCUT2D eigenvalue weighted by Crippen LogP contribution is -2.34. The molecule has 0 saturated carbocycles. The van der Waals surface area contributed by atoms with E-state index in [9.17, 15) is 4.79 Å². The van der Waals surface area contributed by atoms with Gasteiger partial charge in [0.2, 0.25) is 5.91 Å². The second kappa shape index (κ2) is 9.14. The van der Waals surface area contributed by atoms with Crippen molar-refractivity contribution in [3.05, 3.63) is 34.3 Å². The Hall–Kier alpha value is -0.870. The lowest BCUT2D eigenvalue weighted by atomic mass is 9.90. The van der Waals surface area contributed by atoms with Gasteiger partial charge >= 0.3 is 0 Å². The Bertz CT molecular complexity index is 421. The van der Waals surface area contributed by atoms with Crippen molar-refractivity contribution < 1.29 is 4.79 Å². The van der Waals surface area contributed by atoms with Crippen LogP contribution in [0.4, 0.5) is 0 Å². The van der Waals surface area contributed by atoms with Crippen LogP contribution in [0.15, 0.2) is 28.7 Å². The highest BCUT2D eigenvalue weighted by Gasteiger charge is 2.20. The van der Waals surface area contributed by atoms with Crippen molar-refractivity contribution in [1.82, 2.24) is 5.32 Å². The smallest absolute Gasteiger partial charge is 0.223 e. The van der Waals surface area contributed by atoms with Gasteiger partial charge in [0.05, 0.1) is 0 Å². The van der Waals surface area contributed by atoms with E-state index in [4.69, 9.17) is 5.73 Å². The molecule has 1 atom stereocenters. The lowest BCUT2D eigenvalue weighted by molar-refractivity contribution is -0.125. The Morgan fingerprint density at radius 2 is 2.15 bits per heavy atom. The fourth-order valence-corrected chi connectivity index (χ4v) is 2.71. The zero-order valence-electron chi connectivity index (χ0n) is 12.4. The van der Waals surface area contributed by atoms with Gasteiger partial charge in [-0.3, -0.25) is 4.79 Å². The minimum Gasteiger partial charge on any atom is -0.356 e. The first-order valence-electron chi connectivity index (χ1n) is 7.25. The maximum atomic E-state index is 12.3. The Morgan fingerprint density at radius 1 is 1.40 bits per heavy atom. The van der Waals surface area contributed by atoms with Crippen LogP contribution in [0.5, 0.6) is 0 Å². The molecular weight excluding hydrogens is 316 g/mol. The summed E-state index contributed by atoms with van der Waals surface area (Å²) < 4.78 is 1.06. The van der Waals surface area contributed by atoms with Crippen LogP contribution < -0.4 is 11.1 Å². The number of hydrogen-bond acceptors (Lipinski definition) is 2. The summed E-state index contributed by atoms with van der Waals surface area (Å²) in [5, 5.41) is 2.99. The van der Waals surface area contributed by atoms with Crippen LogP contribution in [-0.2, 0) is 11.2 Å². The lowest BCUT2D eigenvalue weighted by Gasteiger charge is -2.19. The third-order valence-electron chi connectivity index (χ3n) is 3.18. The minimum absolute atomic E-state index is 0.0297. The second-order valence-electron chi connectivity index (χ2n) is 5.59. The number of hydrogen-bond donors (Lipinski definition) is 2. The number of nitrogens with two attached hydrogens (primary N) is 1. The molecule has 0 fully saturated rings. The van der Waals surface area contributed by atoms with Gasteiger partial charge in [-0.15, -0.1) is 0 Å².